The second-order valence-electron chi connectivity index (χ2n) is 5.02. The maximum atomic E-state index is 11.5. The van der Waals surface area contributed by atoms with Crippen molar-refractivity contribution in [3.05, 3.63) is 34.3 Å². The Hall–Kier alpha value is -0.910. The molecule has 0 unspecified atom stereocenters. The highest BCUT2D eigenvalue weighted by atomic mass is 79.9. The fourth-order valence-corrected chi connectivity index (χ4v) is 2.61. The highest BCUT2D eigenvalue weighted by Gasteiger charge is 2.28. The minimum absolute atomic E-state index is 0.421. The van der Waals surface area contributed by atoms with Crippen molar-refractivity contribution >= 4 is 21.9 Å². The summed E-state index contributed by atoms with van der Waals surface area (Å²) >= 11 is 3.39. The number of carboxylic acid groups (broad SMARTS) is 1. The van der Waals surface area contributed by atoms with Gasteiger partial charge in [0.25, 0.3) is 0 Å². The van der Waals surface area contributed by atoms with Gasteiger partial charge >= 0.3 is 5.97 Å². The van der Waals surface area contributed by atoms with Gasteiger partial charge in [-0.15, -0.1) is 0 Å². The van der Waals surface area contributed by atoms with Gasteiger partial charge in [-0.3, -0.25) is 9.69 Å². The maximum Gasteiger partial charge on any atom is 0.321 e. The standard InChI is InChI=1S/C14H19BrN2O2/c1-16-6-8-17(9-7-16)13(14(18)19)10-11-2-4-12(15)5-3-11/h2-5,13H,6-10H2,1H3,(H,18,19)/t13-/m1/s1. The van der Waals surface area contributed by atoms with Gasteiger partial charge in [-0.25, -0.2) is 0 Å². The highest BCUT2D eigenvalue weighted by Crippen LogP contribution is 2.15. The summed E-state index contributed by atoms with van der Waals surface area (Å²) in [4.78, 5) is 15.8. The maximum absolute atomic E-state index is 11.5. The van der Waals surface area contributed by atoms with Crippen LogP contribution in [-0.4, -0.2) is 60.1 Å². The number of benzene rings is 1. The molecule has 1 aromatic rings. The molecule has 0 spiro atoms. The van der Waals surface area contributed by atoms with Crippen LogP contribution in [0.5, 0.6) is 0 Å². The Balaban J connectivity index is 2.04. The SMILES string of the molecule is CN1CCN([C@H](Cc2ccc(Br)cc2)C(=O)O)CC1. The van der Waals surface area contributed by atoms with Crippen LogP contribution in [0, 0.1) is 0 Å². The average molecular weight is 327 g/mol. The zero-order valence-corrected chi connectivity index (χ0v) is 12.6. The van der Waals surface area contributed by atoms with Gasteiger partial charge in [0.1, 0.15) is 6.04 Å². The molecule has 104 valence electrons. The molecule has 0 aliphatic carbocycles. The first-order chi connectivity index (χ1) is 9.06. The summed E-state index contributed by atoms with van der Waals surface area (Å²) in [6, 6.07) is 7.46. The molecule has 0 amide bonds. The lowest BCUT2D eigenvalue weighted by Crippen LogP contribution is -2.52. The first-order valence-electron chi connectivity index (χ1n) is 6.46. The zero-order valence-electron chi connectivity index (χ0n) is 11.1. The molecule has 2 rings (SSSR count). The molecule has 1 aromatic carbocycles. The predicted octanol–water partition coefficient (Wildman–Crippen LogP) is 1.69. The number of aliphatic carboxylic acids is 1. The van der Waals surface area contributed by atoms with E-state index in [1.807, 2.05) is 24.3 Å². The number of carbonyl (C=O) groups is 1. The lowest BCUT2D eigenvalue weighted by Gasteiger charge is -2.36. The zero-order chi connectivity index (χ0) is 13.8. The van der Waals surface area contributed by atoms with E-state index < -0.39 is 12.0 Å². The summed E-state index contributed by atoms with van der Waals surface area (Å²) in [5.41, 5.74) is 1.06. The second kappa shape index (κ2) is 6.50. The van der Waals surface area contributed by atoms with Gasteiger partial charge in [0, 0.05) is 30.7 Å². The fraction of sp³-hybridized carbons (Fsp3) is 0.500. The molecule has 4 nitrogen and oxygen atoms in total. The van der Waals surface area contributed by atoms with Gasteiger partial charge in [-0.2, -0.15) is 0 Å². The van der Waals surface area contributed by atoms with Crippen LogP contribution in [-0.2, 0) is 11.2 Å². The van der Waals surface area contributed by atoms with Gasteiger partial charge in [0.15, 0.2) is 0 Å². The summed E-state index contributed by atoms with van der Waals surface area (Å²) < 4.78 is 1.02. The van der Waals surface area contributed by atoms with Crippen molar-refractivity contribution in [3.8, 4) is 0 Å². The van der Waals surface area contributed by atoms with Crippen molar-refractivity contribution in [1.29, 1.82) is 0 Å². The number of rotatable bonds is 4. The lowest BCUT2D eigenvalue weighted by atomic mass is 10.0. The van der Waals surface area contributed by atoms with E-state index in [1.165, 1.54) is 0 Å². The van der Waals surface area contributed by atoms with Gasteiger partial charge < -0.3 is 10.0 Å². The summed E-state index contributed by atoms with van der Waals surface area (Å²) in [6.07, 6.45) is 0.562. The van der Waals surface area contributed by atoms with E-state index in [0.29, 0.717) is 6.42 Å². The normalized spacial score (nSPS) is 19.3. The largest absolute Gasteiger partial charge is 0.480 e. The fourth-order valence-electron chi connectivity index (χ4n) is 2.35. The molecule has 1 aliphatic rings. The van der Waals surface area contributed by atoms with Crippen LogP contribution in [0.4, 0.5) is 0 Å². The van der Waals surface area contributed by atoms with E-state index in [-0.39, 0.29) is 0 Å². The van der Waals surface area contributed by atoms with Gasteiger partial charge in [0.05, 0.1) is 0 Å². The minimum Gasteiger partial charge on any atom is -0.480 e. The third-order valence-electron chi connectivity index (χ3n) is 3.61. The molecule has 1 saturated heterocycles. The van der Waals surface area contributed by atoms with Crippen LogP contribution in [0.25, 0.3) is 0 Å². The monoisotopic (exact) mass is 326 g/mol. The molecular formula is C14H19BrN2O2. The van der Waals surface area contributed by atoms with Gasteiger partial charge in [-0.1, -0.05) is 28.1 Å². The lowest BCUT2D eigenvalue weighted by molar-refractivity contribution is -0.144. The molecule has 0 aromatic heterocycles. The van der Waals surface area contributed by atoms with Crippen LogP contribution in [0.3, 0.4) is 0 Å². The number of carboxylic acids is 1. The predicted molar refractivity (Wildman–Crippen MR) is 78.3 cm³/mol. The van der Waals surface area contributed by atoms with Crippen LogP contribution in [0.15, 0.2) is 28.7 Å². The van der Waals surface area contributed by atoms with Gasteiger partial charge in [0.2, 0.25) is 0 Å². The number of nitrogens with zero attached hydrogens (tertiary/aromatic N) is 2. The number of hydrogen-bond acceptors (Lipinski definition) is 3. The van der Waals surface area contributed by atoms with Gasteiger partial charge in [-0.05, 0) is 31.2 Å². The van der Waals surface area contributed by atoms with E-state index in [4.69, 9.17) is 0 Å². The van der Waals surface area contributed by atoms with Crippen LogP contribution in [0.1, 0.15) is 5.56 Å². The Kier molecular flexibility index (Phi) is 4.96. The van der Waals surface area contributed by atoms with Crippen molar-refractivity contribution < 1.29 is 9.90 Å². The molecule has 19 heavy (non-hydrogen) atoms. The number of piperazine rings is 1. The highest BCUT2D eigenvalue weighted by molar-refractivity contribution is 9.10. The summed E-state index contributed by atoms with van der Waals surface area (Å²) in [5, 5.41) is 9.44. The third-order valence-corrected chi connectivity index (χ3v) is 4.13. The Labute approximate surface area is 122 Å². The molecule has 1 fully saturated rings. The van der Waals surface area contributed by atoms with Crippen molar-refractivity contribution in [2.75, 3.05) is 33.2 Å². The van der Waals surface area contributed by atoms with Crippen LogP contribution < -0.4 is 0 Å². The van der Waals surface area contributed by atoms with E-state index in [9.17, 15) is 9.90 Å². The molecule has 1 N–H and O–H groups in total. The molecule has 1 aliphatic heterocycles. The van der Waals surface area contributed by atoms with Crippen molar-refractivity contribution in [2.24, 2.45) is 0 Å². The van der Waals surface area contributed by atoms with E-state index in [0.717, 1.165) is 36.2 Å². The molecule has 0 radical (unpaired) electrons. The molecule has 1 heterocycles. The van der Waals surface area contributed by atoms with Crippen LogP contribution in [0.2, 0.25) is 0 Å². The number of likely N-dealkylation sites (N-methyl/N-ethyl adjacent to an activating group) is 1. The average Bonchev–Trinajstić information content (AvgIpc) is 2.39. The molecule has 0 bridgehead atoms. The smallest absolute Gasteiger partial charge is 0.321 e. The third kappa shape index (κ3) is 4.03. The minimum atomic E-state index is -0.729. The van der Waals surface area contributed by atoms with Crippen LogP contribution >= 0.6 is 15.9 Å². The Morgan fingerprint density at radius 3 is 2.37 bits per heavy atom. The topological polar surface area (TPSA) is 43.8 Å². The van der Waals surface area contributed by atoms with E-state index in [2.05, 4.69) is 32.8 Å². The first kappa shape index (κ1) is 14.5. The number of hydrogen-bond donors (Lipinski definition) is 1. The molecule has 0 saturated carbocycles. The Bertz CT molecular complexity index is 428. The summed E-state index contributed by atoms with van der Waals surface area (Å²) in [7, 11) is 2.07. The Morgan fingerprint density at radius 2 is 1.84 bits per heavy atom. The summed E-state index contributed by atoms with van der Waals surface area (Å²) in [5.74, 6) is -0.729. The second-order valence-corrected chi connectivity index (χ2v) is 5.94. The number of halogens is 1. The van der Waals surface area contributed by atoms with Crippen molar-refractivity contribution in [2.45, 2.75) is 12.5 Å². The van der Waals surface area contributed by atoms with E-state index in [1.54, 1.807) is 0 Å². The first-order valence-corrected chi connectivity index (χ1v) is 7.25. The molecule has 1 atom stereocenters. The van der Waals surface area contributed by atoms with Crippen molar-refractivity contribution in [3.63, 3.8) is 0 Å². The Morgan fingerprint density at radius 1 is 1.26 bits per heavy atom. The van der Waals surface area contributed by atoms with Crippen molar-refractivity contribution in [1.82, 2.24) is 9.80 Å². The van der Waals surface area contributed by atoms with E-state index >= 15 is 0 Å². The quantitative estimate of drug-likeness (QED) is 0.914. The molecule has 5 heteroatoms. The summed E-state index contributed by atoms with van der Waals surface area (Å²) in [6.45, 7) is 3.52. The molecular weight excluding hydrogens is 308 g/mol.